The molecule has 1 amide bonds. The zero-order valence-corrected chi connectivity index (χ0v) is 24.0. The minimum Gasteiger partial charge on any atom is -0.482 e. The zero-order valence-electron chi connectivity index (χ0n) is 23.1. The molecule has 1 N–H and O–H groups in total. The summed E-state index contributed by atoms with van der Waals surface area (Å²) >= 11 is 0. The average molecular weight is 556 g/mol. The van der Waals surface area contributed by atoms with Gasteiger partial charge in [-0.3, -0.25) is 14.6 Å². The van der Waals surface area contributed by atoms with E-state index >= 15 is 0 Å². The fraction of sp³-hybridized carbons (Fsp3) is 0.552. The van der Waals surface area contributed by atoms with Crippen molar-refractivity contribution < 1.29 is 17.9 Å². The third-order valence-electron chi connectivity index (χ3n) is 7.96. The molecule has 2 heterocycles. The predicted octanol–water partition coefficient (Wildman–Crippen LogP) is 2.16. The Morgan fingerprint density at radius 1 is 1.00 bits per heavy atom. The maximum Gasteiger partial charge on any atom is 0.257 e. The number of anilines is 1. The number of piperazine rings is 1. The number of carbonyl (C=O) groups excluding carboxylic acids is 1. The Bertz CT molecular complexity index is 1260. The lowest BCUT2D eigenvalue weighted by atomic mass is 10.00. The maximum absolute atomic E-state index is 13.4. The first-order chi connectivity index (χ1) is 18.8. The van der Waals surface area contributed by atoms with E-state index in [9.17, 15) is 13.2 Å². The SMILES string of the molecule is CN(C)S(=O)(=O)c1c(OCC(=O)NCCCN2CCc3ccccc3C2)cccc1N1CCN(C2CC2)CC1. The van der Waals surface area contributed by atoms with E-state index in [4.69, 9.17) is 4.74 Å². The highest BCUT2D eigenvalue weighted by atomic mass is 32.2. The van der Waals surface area contributed by atoms with Crippen LogP contribution in [0.15, 0.2) is 47.4 Å². The molecule has 2 aliphatic heterocycles. The number of hydrogen-bond acceptors (Lipinski definition) is 7. The van der Waals surface area contributed by atoms with Crippen LogP contribution in [0.3, 0.4) is 0 Å². The molecule has 1 aliphatic carbocycles. The second-order valence-electron chi connectivity index (χ2n) is 10.9. The number of ether oxygens (including phenoxy) is 1. The molecule has 212 valence electrons. The lowest BCUT2D eigenvalue weighted by Crippen LogP contribution is -2.47. The van der Waals surface area contributed by atoms with E-state index in [0.29, 0.717) is 18.3 Å². The van der Waals surface area contributed by atoms with Gasteiger partial charge in [-0.2, -0.15) is 0 Å². The number of rotatable bonds is 11. The average Bonchev–Trinajstić information content (AvgIpc) is 3.80. The molecule has 9 nitrogen and oxygen atoms in total. The van der Waals surface area contributed by atoms with Crippen LogP contribution in [0.25, 0.3) is 0 Å². The molecule has 1 saturated heterocycles. The summed E-state index contributed by atoms with van der Waals surface area (Å²) in [5.41, 5.74) is 3.45. The third kappa shape index (κ3) is 6.74. The quantitative estimate of drug-likeness (QED) is 0.426. The third-order valence-corrected chi connectivity index (χ3v) is 9.84. The lowest BCUT2D eigenvalue weighted by molar-refractivity contribution is -0.123. The van der Waals surface area contributed by atoms with Gasteiger partial charge in [-0.1, -0.05) is 30.3 Å². The van der Waals surface area contributed by atoms with E-state index in [1.807, 2.05) is 6.07 Å². The Morgan fingerprint density at radius 3 is 2.46 bits per heavy atom. The zero-order chi connectivity index (χ0) is 27.4. The standard InChI is InChI=1S/C29H41N5O4S/c1-31(2)39(36,37)29-26(34-19-17-33(18-20-34)25-11-12-25)9-5-10-27(29)38-22-28(35)30-14-6-15-32-16-13-23-7-3-4-8-24(23)21-32/h3-5,7-10,25H,6,11-22H2,1-2H3,(H,30,35). The molecule has 2 aromatic carbocycles. The topological polar surface area (TPSA) is 85.4 Å². The molecular formula is C29H41N5O4S. The summed E-state index contributed by atoms with van der Waals surface area (Å²) in [6, 6.07) is 14.6. The molecule has 1 saturated carbocycles. The van der Waals surface area contributed by atoms with Gasteiger partial charge in [0.15, 0.2) is 6.61 Å². The van der Waals surface area contributed by atoms with Crippen LogP contribution in [0, 0.1) is 0 Å². The Labute approximate surface area is 232 Å². The van der Waals surface area contributed by atoms with Crippen molar-refractivity contribution in [2.75, 3.05) is 71.4 Å². The molecule has 2 fully saturated rings. The fourth-order valence-electron chi connectivity index (χ4n) is 5.55. The molecule has 0 radical (unpaired) electrons. The highest BCUT2D eigenvalue weighted by Crippen LogP contribution is 2.37. The molecule has 0 atom stereocenters. The van der Waals surface area contributed by atoms with E-state index in [1.54, 1.807) is 12.1 Å². The van der Waals surface area contributed by atoms with Crippen molar-refractivity contribution >= 4 is 21.6 Å². The second kappa shape index (κ2) is 12.2. The number of amides is 1. The summed E-state index contributed by atoms with van der Waals surface area (Å²) < 4.78 is 33.8. The molecular weight excluding hydrogens is 514 g/mol. The maximum atomic E-state index is 13.4. The minimum atomic E-state index is -3.79. The summed E-state index contributed by atoms with van der Waals surface area (Å²) in [6.07, 6.45) is 4.43. The Balaban J connectivity index is 1.15. The first-order valence-electron chi connectivity index (χ1n) is 14.1. The lowest BCUT2D eigenvalue weighted by Gasteiger charge is -2.37. The number of hydrogen-bond donors (Lipinski definition) is 1. The summed E-state index contributed by atoms with van der Waals surface area (Å²) in [6.45, 7) is 6.58. The number of benzene rings is 2. The smallest absolute Gasteiger partial charge is 0.257 e. The summed E-state index contributed by atoms with van der Waals surface area (Å²) in [4.78, 5) is 19.8. The summed E-state index contributed by atoms with van der Waals surface area (Å²) in [7, 11) is -0.747. The van der Waals surface area contributed by atoms with Crippen molar-refractivity contribution in [1.82, 2.24) is 19.4 Å². The molecule has 0 aromatic heterocycles. The Morgan fingerprint density at radius 2 is 1.74 bits per heavy atom. The van der Waals surface area contributed by atoms with Crippen molar-refractivity contribution in [2.24, 2.45) is 0 Å². The minimum absolute atomic E-state index is 0.132. The summed E-state index contributed by atoms with van der Waals surface area (Å²) in [5.74, 6) is -0.0383. The highest BCUT2D eigenvalue weighted by molar-refractivity contribution is 7.89. The van der Waals surface area contributed by atoms with Gasteiger partial charge in [0.25, 0.3) is 5.91 Å². The molecule has 5 rings (SSSR count). The first-order valence-corrected chi connectivity index (χ1v) is 15.5. The monoisotopic (exact) mass is 555 g/mol. The largest absolute Gasteiger partial charge is 0.482 e. The van der Waals surface area contributed by atoms with Gasteiger partial charge in [-0.15, -0.1) is 0 Å². The molecule has 39 heavy (non-hydrogen) atoms. The molecule has 10 heteroatoms. The van der Waals surface area contributed by atoms with Gasteiger partial charge in [-0.05, 0) is 48.9 Å². The number of carbonyl (C=O) groups is 1. The van der Waals surface area contributed by atoms with Gasteiger partial charge in [0.2, 0.25) is 10.0 Å². The molecule has 2 aromatic rings. The van der Waals surface area contributed by atoms with E-state index in [2.05, 4.69) is 44.3 Å². The number of nitrogens with one attached hydrogen (secondary N) is 1. The van der Waals surface area contributed by atoms with Gasteiger partial charge in [0, 0.05) is 72.5 Å². The van der Waals surface area contributed by atoms with Crippen molar-refractivity contribution in [3.63, 3.8) is 0 Å². The van der Waals surface area contributed by atoms with Crippen LogP contribution in [-0.4, -0.2) is 101 Å². The number of fused-ring (bicyclic) bond motifs is 1. The normalized spacial score (nSPS) is 18.7. The van der Waals surface area contributed by atoms with Gasteiger partial charge < -0.3 is 15.0 Å². The van der Waals surface area contributed by atoms with Crippen LogP contribution < -0.4 is 15.0 Å². The molecule has 3 aliphatic rings. The van der Waals surface area contributed by atoms with Gasteiger partial charge in [0.05, 0.1) is 5.69 Å². The van der Waals surface area contributed by atoms with E-state index in [1.165, 1.54) is 42.4 Å². The van der Waals surface area contributed by atoms with Gasteiger partial charge in [0.1, 0.15) is 10.6 Å². The van der Waals surface area contributed by atoms with Crippen LogP contribution in [0.5, 0.6) is 5.75 Å². The van der Waals surface area contributed by atoms with Crippen molar-refractivity contribution in [3.05, 3.63) is 53.6 Å². The molecule has 0 bridgehead atoms. The predicted molar refractivity (Wildman–Crippen MR) is 153 cm³/mol. The second-order valence-corrected chi connectivity index (χ2v) is 13.0. The van der Waals surface area contributed by atoms with Crippen LogP contribution in [0.2, 0.25) is 0 Å². The van der Waals surface area contributed by atoms with E-state index in [-0.39, 0.29) is 23.2 Å². The van der Waals surface area contributed by atoms with Crippen LogP contribution in [-0.2, 0) is 27.8 Å². The number of nitrogens with zero attached hydrogens (tertiary/aromatic N) is 4. The van der Waals surface area contributed by atoms with Crippen molar-refractivity contribution in [1.29, 1.82) is 0 Å². The highest BCUT2D eigenvalue weighted by Gasteiger charge is 2.34. The van der Waals surface area contributed by atoms with Gasteiger partial charge in [-0.25, -0.2) is 12.7 Å². The number of sulfonamides is 1. The van der Waals surface area contributed by atoms with Crippen molar-refractivity contribution in [3.8, 4) is 5.75 Å². The van der Waals surface area contributed by atoms with Crippen LogP contribution in [0.4, 0.5) is 5.69 Å². The van der Waals surface area contributed by atoms with E-state index < -0.39 is 10.0 Å². The first kappa shape index (κ1) is 27.9. The van der Waals surface area contributed by atoms with Crippen molar-refractivity contribution in [2.45, 2.75) is 43.2 Å². The Kier molecular flexibility index (Phi) is 8.76. The molecule has 0 spiro atoms. The van der Waals surface area contributed by atoms with Crippen LogP contribution >= 0.6 is 0 Å². The fourth-order valence-corrected chi connectivity index (χ4v) is 6.75. The van der Waals surface area contributed by atoms with Crippen LogP contribution in [0.1, 0.15) is 30.4 Å². The van der Waals surface area contributed by atoms with Gasteiger partial charge >= 0.3 is 0 Å². The van der Waals surface area contributed by atoms with E-state index in [0.717, 1.165) is 58.7 Å². The molecule has 0 unspecified atom stereocenters. The summed E-state index contributed by atoms with van der Waals surface area (Å²) in [5, 5.41) is 2.93. The Hall–Kier alpha value is -2.66.